The second-order valence-corrected chi connectivity index (χ2v) is 18.8. The van der Waals surface area contributed by atoms with Gasteiger partial charge < -0.3 is 18.4 Å². The molecular weight excluding hydrogens is 869 g/mol. The topological polar surface area (TPSA) is 62.7 Å². The second kappa shape index (κ2) is 14.2. The van der Waals surface area contributed by atoms with Crippen LogP contribution in [0.25, 0.3) is 105 Å². The van der Waals surface area contributed by atoms with Crippen LogP contribution in [0.2, 0.25) is 0 Å². The van der Waals surface area contributed by atoms with Crippen LogP contribution in [0.4, 0.5) is 0 Å². The van der Waals surface area contributed by atoms with Gasteiger partial charge in [0.25, 0.3) is 0 Å². The standard InChI is InChI=1S/C64H38N6O/c1-7-21-54-44(14-1)45-15-2-8-22-55(45)68(54)41-34-42(37-65-36-41)69-58-25-11-5-18-48(58)49-32-39(27-29-59(49)69)40-28-30-61-52(33-40)64(50-19-6-12-26-60(50)71-61)51-20-13-31-66-62(51)63-53(64)35-43(38-67-63)70-56-23-9-3-16-46(56)47-17-4-10-24-57(47)70/h1-38H. The molecule has 16 rings (SSSR count). The third-order valence-corrected chi connectivity index (χ3v) is 15.3. The number of aromatic nitrogens is 6. The van der Waals surface area contributed by atoms with E-state index >= 15 is 0 Å². The number of hydrogen-bond acceptors (Lipinski definition) is 4. The van der Waals surface area contributed by atoms with E-state index in [-0.39, 0.29) is 0 Å². The maximum Gasteiger partial charge on any atom is 0.132 e. The average molecular weight is 907 g/mol. The Morgan fingerprint density at radius 1 is 0.324 bits per heavy atom. The van der Waals surface area contributed by atoms with E-state index in [1.165, 1.54) is 26.9 Å². The highest BCUT2D eigenvalue weighted by Gasteiger charge is 2.52. The Balaban J connectivity index is 0.893. The van der Waals surface area contributed by atoms with E-state index in [0.29, 0.717) is 0 Å². The molecule has 7 nitrogen and oxygen atoms in total. The lowest BCUT2D eigenvalue weighted by Gasteiger charge is -2.39. The molecule has 330 valence electrons. The van der Waals surface area contributed by atoms with Gasteiger partial charge in [-0.3, -0.25) is 15.0 Å². The maximum absolute atomic E-state index is 6.91. The molecule has 1 aliphatic heterocycles. The summed E-state index contributed by atoms with van der Waals surface area (Å²) < 4.78 is 13.9. The Bertz CT molecular complexity index is 4490. The zero-order valence-electron chi connectivity index (χ0n) is 38.0. The number of ether oxygens (including phenoxy) is 1. The number of para-hydroxylation sites is 6. The van der Waals surface area contributed by atoms with Gasteiger partial charge in [-0.25, -0.2) is 0 Å². The third kappa shape index (κ3) is 5.13. The number of pyridine rings is 3. The predicted octanol–water partition coefficient (Wildman–Crippen LogP) is 15.3. The SMILES string of the molecule is c1ccc2c(c1)Oc1ccc(-c3ccc4c(c3)c3ccccc3n4-c3cncc(-n4c5ccccc5c5ccccc54)c3)cc1C21c2cccnc2-c2ncc(-n3c4ccccc4c4ccccc43)cc21. The fraction of sp³-hybridized carbons (Fsp3) is 0.0156. The minimum Gasteiger partial charge on any atom is -0.457 e. The van der Waals surface area contributed by atoms with Gasteiger partial charge >= 0.3 is 0 Å². The lowest BCUT2D eigenvalue weighted by atomic mass is 9.66. The normalized spacial score (nSPS) is 14.6. The Kier molecular flexibility index (Phi) is 7.69. The number of nitrogens with zero attached hydrogens (tertiary/aromatic N) is 6. The van der Waals surface area contributed by atoms with Crippen LogP contribution < -0.4 is 4.74 Å². The van der Waals surface area contributed by atoms with Gasteiger partial charge in [0.05, 0.1) is 85.6 Å². The van der Waals surface area contributed by atoms with Gasteiger partial charge in [0, 0.05) is 55.2 Å². The van der Waals surface area contributed by atoms with E-state index in [1.807, 2.05) is 24.8 Å². The van der Waals surface area contributed by atoms with E-state index in [9.17, 15) is 0 Å². The maximum atomic E-state index is 6.91. The Hall–Kier alpha value is -9.59. The van der Waals surface area contributed by atoms with E-state index < -0.39 is 5.41 Å². The summed E-state index contributed by atoms with van der Waals surface area (Å²) in [4.78, 5) is 15.3. The molecule has 14 aromatic rings. The highest BCUT2D eigenvalue weighted by molar-refractivity contribution is 6.12. The number of rotatable bonds is 4. The monoisotopic (exact) mass is 906 g/mol. The van der Waals surface area contributed by atoms with Crippen molar-refractivity contribution in [2.75, 3.05) is 0 Å². The van der Waals surface area contributed by atoms with Crippen molar-refractivity contribution >= 4 is 65.4 Å². The van der Waals surface area contributed by atoms with Crippen molar-refractivity contribution in [2.24, 2.45) is 0 Å². The molecule has 1 unspecified atom stereocenters. The van der Waals surface area contributed by atoms with Crippen LogP contribution in [0.15, 0.2) is 231 Å². The van der Waals surface area contributed by atoms with Crippen molar-refractivity contribution in [3.63, 3.8) is 0 Å². The van der Waals surface area contributed by atoms with Crippen LogP contribution in [-0.2, 0) is 5.41 Å². The lowest BCUT2D eigenvalue weighted by molar-refractivity contribution is 0.436. The molecule has 7 heteroatoms. The molecule has 1 aliphatic carbocycles. The first-order valence-corrected chi connectivity index (χ1v) is 24.1. The van der Waals surface area contributed by atoms with Crippen LogP contribution in [0, 0.1) is 0 Å². The molecule has 0 bridgehead atoms. The van der Waals surface area contributed by atoms with Gasteiger partial charge in [-0.1, -0.05) is 127 Å². The van der Waals surface area contributed by atoms with Gasteiger partial charge in [0.1, 0.15) is 11.5 Å². The van der Waals surface area contributed by atoms with Gasteiger partial charge in [-0.15, -0.1) is 0 Å². The number of benzene rings is 8. The summed E-state index contributed by atoms with van der Waals surface area (Å²) in [7, 11) is 0. The summed E-state index contributed by atoms with van der Waals surface area (Å²) in [6.45, 7) is 0. The zero-order chi connectivity index (χ0) is 46.4. The van der Waals surface area contributed by atoms with Gasteiger partial charge in [0.15, 0.2) is 0 Å². The van der Waals surface area contributed by atoms with Crippen LogP contribution >= 0.6 is 0 Å². The number of fused-ring (bicyclic) bond motifs is 18. The summed E-state index contributed by atoms with van der Waals surface area (Å²) in [5.41, 5.74) is 17.3. The largest absolute Gasteiger partial charge is 0.457 e. The van der Waals surface area contributed by atoms with Crippen molar-refractivity contribution < 1.29 is 4.74 Å². The first-order valence-electron chi connectivity index (χ1n) is 24.1. The average Bonchev–Trinajstić information content (AvgIpc) is 4.15. The molecule has 8 aromatic carbocycles. The van der Waals surface area contributed by atoms with Crippen molar-refractivity contribution in [3.8, 4) is 51.1 Å². The molecule has 2 aliphatic rings. The Morgan fingerprint density at radius 2 is 0.789 bits per heavy atom. The molecule has 7 heterocycles. The molecule has 6 aromatic heterocycles. The van der Waals surface area contributed by atoms with E-state index in [1.54, 1.807) is 0 Å². The molecule has 0 amide bonds. The number of hydrogen-bond donors (Lipinski definition) is 0. The summed E-state index contributed by atoms with van der Waals surface area (Å²) in [5.74, 6) is 1.63. The first kappa shape index (κ1) is 38.4. The van der Waals surface area contributed by atoms with Gasteiger partial charge in [0.2, 0.25) is 0 Å². The van der Waals surface area contributed by atoms with E-state index in [0.717, 1.165) is 112 Å². The molecule has 0 N–H and O–H groups in total. The second-order valence-electron chi connectivity index (χ2n) is 18.8. The quantitative estimate of drug-likeness (QED) is 0.176. The minimum atomic E-state index is -0.782. The molecule has 71 heavy (non-hydrogen) atoms. The third-order valence-electron chi connectivity index (χ3n) is 15.3. The molecule has 0 radical (unpaired) electrons. The molecule has 1 spiro atoms. The molecule has 0 saturated heterocycles. The highest BCUT2D eigenvalue weighted by atomic mass is 16.5. The van der Waals surface area contributed by atoms with Crippen LogP contribution in [0.1, 0.15) is 22.3 Å². The highest BCUT2D eigenvalue weighted by Crippen LogP contribution is 2.62. The Morgan fingerprint density at radius 3 is 1.41 bits per heavy atom. The van der Waals surface area contributed by atoms with Crippen LogP contribution in [0.3, 0.4) is 0 Å². The van der Waals surface area contributed by atoms with Gasteiger partial charge in [-0.05, 0) is 95.6 Å². The van der Waals surface area contributed by atoms with Gasteiger partial charge in [-0.2, -0.15) is 0 Å². The summed E-state index contributed by atoms with van der Waals surface area (Å²) in [6.07, 6.45) is 7.85. The molecule has 1 atom stereocenters. The fourth-order valence-electron chi connectivity index (χ4n) is 12.4. The smallest absolute Gasteiger partial charge is 0.132 e. The summed E-state index contributed by atoms with van der Waals surface area (Å²) in [6, 6.07) is 74.2. The molecular formula is C64H38N6O. The minimum absolute atomic E-state index is 0.782. The lowest BCUT2D eigenvalue weighted by Crippen LogP contribution is -2.32. The summed E-state index contributed by atoms with van der Waals surface area (Å²) in [5, 5.41) is 7.20. The van der Waals surface area contributed by atoms with Crippen molar-refractivity contribution in [1.29, 1.82) is 0 Å². The fourth-order valence-corrected chi connectivity index (χ4v) is 12.4. The van der Waals surface area contributed by atoms with E-state index in [2.05, 4.69) is 220 Å². The van der Waals surface area contributed by atoms with Crippen molar-refractivity contribution in [1.82, 2.24) is 28.7 Å². The van der Waals surface area contributed by atoms with E-state index in [4.69, 9.17) is 19.7 Å². The van der Waals surface area contributed by atoms with Crippen molar-refractivity contribution in [3.05, 3.63) is 253 Å². The zero-order valence-corrected chi connectivity index (χ0v) is 38.0. The molecule has 0 fully saturated rings. The van der Waals surface area contributed by atoms with Crippen LogP contribution in [0.5, 0.6) is 11.5 Å². The van der Waals surface area contributed by atoms with Crippen LogP contribution in [-0.4, -0.2) is 28.7 Å². The summed E-state index contributed by atoms with van der Waals surface area (Å²) >= 11 is 0. The molecule has 0 saturated carbocycles. The Labute approximate surface area is 406 Å². The first-order chi connectivity index (χ1) is 35.2. The van der Waals surface area contributed by atoms with Crippen molar-refractivity contribution in [2.45, 2.75) is 5.41 Å². The predicted molar refractivity (Wildman–Crippen MR) is 286 cm³/mol.